The van der Waals surface area contributed by atoms with Gasteiger partial charge in [-0.15, -0.1) is 29.7 Å². The first-order valence-corrected chi connectivity index (χ1v) is 27.8. The molecule has 0 aliphatic carbocycles. The SMILES string of the molecule is [2H]C([2H])([2H])c1cccc(C([2H])([2H])[2H])c1-c1cc(C(C)(C)C)cc2c1-[n+]1[c-]n(-c3[c-]c(Oc4[c-]c5c(cc4)c4ccccc4n5-c4cc(C(C)(C)C)ccn4)ccc3)c3cc(-c4ccc5oc6ccccc6c5c4)cc(c31)-c1ccccc1-c1ccccc1-2.[Pt]. The summed E-state index contributed by atoms with van der Waals surface area (Å²) >= 11 is 0. The summed E-state index contributed by atoms with van der Waals surface area (Å²) in [5.41, 5.74) is 15.1. The third-order valence-electron chi connectivity index (χ3n) is 16.3. The van der Waals surface area contributed by atoms with Crippen molar-refractivity contribution in [2.45, 2.75) is 66.1 Å². The zero-order chi connectivity index (χ0) is 60.8. The van der Waals surface area contributed by atoms with Crippen LogP contribution in [0, 0.1) is 32.2 Å². The van der Waals surface area contributed by atoms with Crippen molar-refractivity contribution in [3.63, 3.8) is 0 Å². The van der Waals surface area contributed by atoms with E-state index in [2.05, 4.69) is 168 Å². The van der Waals surface area contributed by atoms with Crippen molar-refractivity contribution in [3.8, 4) is 84.3 Å². The molecule has 0 amide bonds. The molecule has 0 atom stereocenters. The molecule has 5 heterocycles. The molecule has 0 saturated carbocycles. The molecule has 6 nitrogen and oxygen atoms in total. The second-order valence-corrected chi connectivity index (χ2v) is 23.6. The van der Waals surface area contributed by atoms with E-state index in [1.165, 1.54) is 0 Å². The zero-order valence-corrected chi connectivity index (χ0v) is 48.8. The molecule has 1 aliphatic heterocycles. The first-order valence-electron chi connectivity index (χ1n) is 30.8. The molecule has 4 aromatic heterocycles. The van der Waals surface area contributed by atoms with Gasteiger partial charge in [0.1, 0.15) is 17.0 Å². The minimum absolute atomic E-state index is 0. The Morgan fingerprint density at radius 2 is 1.16 bits per heavy atom. The third-order valence-corrected chi connectivity index (χ3v) is 16.3. The van der Waals surface area contributed by atoms with Gasteiger partial charge in [0.2, 0.25) is 0 Å². The van der Waals surface area contributed by atoms with E-state index in [1.807, 2.05) is 94.2 Å². The van der Waals surface area contributed by atoms with Crippen LogP contribution in [-0.2, 0) is 31.9 Å². The molecule has 0 spiro atoms. The zero-order valence-electron chi connectivity index (χ0n) is 52.6. The number of ether oxygens (including phenoxy) is 1. The van der Waals surface area contributed by atoms with Crippen LogP contribution >= 0.6 is 0 Å². The van der Waals surface area contributed by atoms with Gasteiger partial charge in [0.15, 0.2) is 0 Å². The monoisotopic (exact) mass is 1260 g/mol. The van der Waals surface area contributed by atoms with E-state index in [-0.39, 0.29) is 43.2 Å². The van der Waals surface area contributed by atoms with Gasteiger partial charge in [-0.2, -0.15) is 18.2 Å². The van der Waals surface area contributed by atoms with Gasteiger partial charge in [0.25, 0.3) is 6.33 Å². The molecule has 0 unspecified atom stereocenters. The van der Waals surface area contributed by atoms with Crippen LogP contribution in [0.2, 0.25) is 0 Å². The summed E-state index contributed by atoms with van der Waals surface area (Å²) in [6.07, 6.45) is 5.74. The first kappa shape index (κ1) is 45.5. The van der Waals surface area contributed by atoms with Crippen molar-refractivity contribution in [1.29, 1.82) is 0 Å². The smallest absolute Gasteiger partial charge is 0.268 e. The minimum atomic E-state index is -2.71. The third kappa shape index (κ3) is 8.56. The Kier molecular flexibility index (Phi) is 10.7. The summed E-state index contributed by atoms with van der Waals surface area (Å²) in [4.78, 5) is 4.90. The maximum Gasteiger partial charge on any atom is 0.268 e. The summed E-state index contributed by atoms with van der Waals surface area (Å²) in [6.45, 7) is 7.53. The van der Waals surface area contributed by atoms with Gasteiger partial charge in [0.05, 0.1) is 16.7 Å². The molecule has 0 radical (unpaired) electrons. The van der Waals surface area contributed by atoms with Crippen molar-refractivity contribution in [1.82, 2.24) is 14.1 Å². The number of aryl methyl sites for hydroxylation is 2. The van der Waals surface area contributed by atoms with Gasteiger partial charge in [0, 0.05) is 63.3 Å². The fourth-order valence-corrected chi connectivity index (χ4v) is 12.2. The number of hydrogen-bond acceptors (Lipinski definition) is 3. The Balaban J connectivity index is 0.00000694. The summed E-state index contributed by atoms with van der Waals surface area (Å²) in [5.74, 6) is 1.68. The van der Waals surface area contributed by atoms with Gasteiger partial charge in [-0.1, -0.05) is 174 Å². The van der Waals surface area contributed by atoms with E-state index in [9.17, 15) is 0 Å². The Labute approximate surface area is 506 Å². The molecular formula is C76H58N4O2Pt-2. The van der Waals surface area contributed by atoms with Crippen molar-refractivity contribution in [3.05, 3.63) is 247 Å². The second-order valence-electron chi connectivity index (χ2n) is 23.6. The number of para-hydroxylation sites is 2. The maximum absolute atomic E-state index is 9.08. The minimum Gasteiger partial charge on any atom is -0.510 e. The molecule has 14 aromatic rings. The average Bonchev–Trinajstić information content (AvgIpc) is 1.71. The van der Waals surface area contributed by atoms with E-state index in [4.69, 9.17) is 22.4 Å². The molecule has 0 N–H and O–H groups in total. The van der Waals surface area contributed by atoms with Crippen molar-refractivity contribution in [2.75, 3.05) is 0 Å². The fourth-order valence-electron chi connectivity index (χ4n) is 12.2. The number of pyridine rings is 1. The van der Waals surface area contributed by atoms with Crippen molar-refractivity contribution >= 4 is 54.8 Å². The van der Waals surface area contributed by atoms with Gasteiger partial charge in [-0.05, 0) is 156 Å². The molecular weight excluding hydrogens is 1200 g/mol. The van der Waals surface area contributed by atoms with E-state index < -0.39 is 19.1 Å². The Hall–Kier alpha value is -9.09. The number of fused-ring (bicyclic) bond motifs is 13. The van der Waals surface area contributed by atoms with E-state index in [0.29, 0.717) is 28.4 Å². The van der Waals surface area contributed by atoms with Crippen LogP contribution in [-0.4, -0.2) is 14.1 Å². The number of rotatable bonds is 6. The normalized spacial score (nSPS) is 13.6. The van der Waals surface area contributed by atoms with Crippen LogP contribution in [0.1, 0.15) is 72.0 Å². The van der Waals surface area contributed by atoms with Crippen LogP contribution in [0.3, 0.4) is 0 Å². The van der Waals surface area contributed by atoms with Gasteiger partial charge in [-0.3, -0.25) is 4.57 Å². The van der Waals surface area contributed by atoms with Gasteiger partial charge >= 0.3 is 0 Å². The molecule has 1 aliphatic rings. The van der Waals surface area contributed by atoms with Crippen molar-refractivity contribution < 1.29 is 43.0 Å². The van der Waals surface area contributed by atoms with E-state index in [1.54, 1.807) is 18.2 Å². The van der Waals surface area contributed by atoms with E-state index in [0.717, 1.165) is 116 Å². The summed E-state index contributed by atoms with van der Waals surface area (Å²) in [7, 11) is 0. The number of aromatic nitrogens is 4. The number of nitrogens with zero attached hydrogens (tertiary/aromatic N) is 4. The Morgan fingerprint density at radius 3 is 1.90 bits per heavy atom. The predicted octanol–water partition coefficient (Wildman–Crippen LogP) is 19.3. The largest absolute Gasteiger partial charge is 0.510 e. The number of imidazole rings is 1. The molecule has 0 fully saturated rings. The van der Waals surface area contributed by atoms with Crippen LogP contribution < -0.4 is 9.30 Å². The predicted molar refractivity (Wildman–Crippen MR) is 335 cm³/mol. The van der Waals surface area contributed by atoms with Crippen molar-refractivity contribution in [2.24, 2.45) is 0 Å². The fraction of sp³-hybridized carbons (Fsp3) is 0.132. The Morgan fingerprint density at radius 1 is 0.506 bits per heavy atom. The number of furan rings is 1. The number of hydrogen-bond donors (Lipinski definition) is 0. The van der Waals surface area contributed by atoms with Crippen LogP contribution in [0.4, 0.5) is 0 Å². The summed E-state index contributed by atoms with van der Waals surface area (Å²) in [6, 6.07) is 73.9. The van der Waals surface area contributed by atoms with Gasteiger partial charge < -0.3 is 18.3 Å². The topological polar surface area (TPSA) is 49.0 Å². The molecule has 10 aromatic carbocycles. The number of benzene rings is 10. The quantitative estimate of drug-likeness (QED) is 0.123. The van der Waals surface area contributed by atoms with Crippen LogP contribution in [0.15, 0.2) is 211 Å². The van der Waals surface area contributed by atoms with Gasteiger partial charge in [-0.25, -0.2) is 4.98 Å². The molecule has 15 rings (SSSR count). The molecule has 0 bridgehead atoms. The average molecular weight is 1260 g/mol. The second kappa shape index (κ2) is 19.5. The maximum atomic E-state index is 9.08. The summed E-state index contributed by atoms with van der Waals surface area (Å²) in [5, 5.41) is 4.06. The van der Waals surface area contributed by atoms with Crippen LogP contribution in [0.25, 0.3) is 128 Å². The first-order chi connectivity index (χ1) is 42.2. The van der Waals surface area contributed by atoms with E-state index >= 15 is 0 Å². The molecule has 406 valence electrons. The molecule has 7 heteroatoms. The molecule has 83 heavy (non-hydrogen) atoms. The summed E-state index contributed by atoms with van der Waals surface area (Å²) < 4.78 is 73.9. The standard InChI is InChI=1S/C76H58N4O2.Pt/c1-46-19-17-20-47(2)72(46)65-41-51(76(6,7)8)40-64-58-26-12-10-24-56(58)55-23-9-11-25-57(55)63-38-49(48-31-34-70-62(37-48)61-28-14-16-30-69(61)82-70)39-68-74(63)79(73(64)65)45-78(68)52-21-18-22-53(43-52)81-54-32-33-60-59-27-13-15-29-66(59)80(67(60)44-54)71-42-50(35-36-77-71)75(3,4)5;/h9-42H,1-8H3;/q-2;/i1D3,2D3;. The molecule has 0 saturated heterocycles. The van der Waals surface area contributed by atoms with Crippen LogP contribution in [0.5, 0.6) is 11.5 Å². The Bertz CT molecular complexity index is 5180.